The molecule has 0 amide bonds. The fourth-order valence-electron chi connectivity index (χ4n) is 2.95. The van der Waals surface area contributed by atoms with Gasteiger partial charge in [0.05, 0.1) is 0 Å². The molecule has 0 spiro atoms. The van der Waals surface area contributed by atoms with Crippen molar-refractivity contribution < 1.29 is 14.1 Å². The Morgan fingerprint density at radius 1 is 1.26 bits per heavy atom. The molecule has 0 aliphatic rings. The van der Waals surface area contributed by atoms with Gasteiger partial charge in [0.15, 0.2) is 18.5 Å². The van der Waals surface area contributed by atoms with Crippen LogP contribution < -0.4 is 10.2 Å². The lowest BCUT2D eigenvalue weighted by molar-refractivity contribution is -0.688. The molecule has 0 saturated carbocycles. The minimum atomic E-state index is -0.357. The number of aryl methyl sites for hydroxylation is 1. The summed E-state index contributed by atoms with van der Waals surface area (Å²) in [5.74, 6) is 0.589. The first-order chi connectivity index (χ1) is 10.9. The summed E-state index contributed by atoms with van der Waals surface area (Å²) in [5, 5.41) is 10.6. The number of pyridine rings is 1. The van der Waals surface area contributed by atoms with Gasteiger partial charge >= 0.3 is 5.63 Å². The van der Waals surface area contributed by atoms with Crippen LogP contribution in [0.3, 0.4) is 0 Å². The highest BCUT2D eigenvalue weighted by molar-refractivity contribution is 5.82. The lowest BCUT2D eigenvalue weighted by Crippen LogP contribution is -2.33. The predicted octanol–water partition coefficient (Wildman–Crippen LogP) is 3.27. The van der Waals surface area contributed by atoms with Crippen molar-refractivity contribution in [2.45, 2.75) is 33.2 Å². The number of hydrogen-bond donors (Lipinski definition) is 1. The molecule has 0 aliphatic carbocycles. The normalized spacial score (nSPS) is 11.3. The molecule has 2 aromatic heterocycles. The largest absolute Gasteiger partial charge is 0.503 e. The second-order valence-electron chi connectivity index (χ2n) is 6.18. The van der Waals surface area contributed by atoms with Gasteiger partial charge in [-0.05, 0) is 42.2 Å². The molecular formula is C19H20NO3+. The Morgan fingerprint density at radius 2 is 2.04 bits per heavy atom. The second kappa shape index (κ2) is 5.88. The molecule has 1 N–H and O–H groups in total. The minimum Gasteiger partial charge on any atom is -0.503 e. The number of benzene rings is 1. The second-order valence-corrected chi connectivity index (χ2v) is 6.18. The van der Waals surface area contributed by atoms with Crippen LogP contribution in [0.1, 0.15) is 36.5 Å². The van der Waals surface area contributed by atoms with Crippen molar-refractivity contribution in [1.82, 2.24) is 0 Å². The van der Waals surface area contributed by atoms with Gasteiger partial charge in [0.2, 0.25) is 6.20 Å². The van der Waals surface area contributed by atoms with E-state index in [0.29, 0.717) is 18.0 Å². The fourth-order valence-corrected chi connectivity index (χ4v) is 2.95. The molecule has 0 saturated heterocycles. The van der Waals surface area contributed by atoms with Gasteiger partial charge < -0.3 is 9.52 Å². The smallest absolute Gasteiger partial charge is 0.336 e. The lowest BCUT2D eigenvalue weighted by Gasteiger charge is -2.12. The quantitative estimate of drug-likeness (QED) is 0.597. The van der Waals surface area contributed by atoms with Gasteiger partial charge in [-0.15, -0.1) is 0 Å². The Bertz CT molecular complexity index is 926. The summed E-state index contributed by atoms with van der Waals surface area (Å²) in [4.78, 5) is 11.9. The Labute approximate surface area is 134 Å². The number of nitrogens with zero attached hydrogens (tertiary/aromatic N) is 1. The van der Waals surface area contributed by atoms with Crippen LogP contribution in [-0.2, 0) is 6.54 Å². The molecule has 23 heavy (non-hydrogen) atoms. The Balaban J connectivity index is 2.18. The van der Waals surface area contributed by atoms with Crippen molar-refractivity contribution in [1.29, 1.82) is 0 Å². The van der Waals surface area contributed by atoms with Crippen molar-refractivity contribution in [3.8, 4) is 5.75 Å². The van der Waals surface area contributed by atoms with E-state index in [1.807, 2.05) is 23.8 Å². The van der Waals surface area contributed by atoms with Crippen molar-refractivity contribution in [2.75, 3.05) is 0 Å². The van der Waals surface area contributed by atoms with E-state index in [9.17, 15) is 9.90 Å². The Hall–Kier alpha value is -2.62. The first-order valence-electron chi connectivity index (χ1n) is 7.69. The number of fused-ring (bicyclic) bond motifs is 1. The summed E-state index contributed by atoms with van der Waals surface area (Å²) in [6, 6.07) is 8.96. The van der Waals surface area contributed by atoms with Crippen LogP contribution in [0.25, 0.3) is 11.0 Å². The zero-order chi connectivity index (χ0) is 16.6. The molecule has 0 fully saturated rings. The number of rotatable bonds is 3. The van der Waals surface area contributed by atoms with Gasteiger partial charge in [0, 0.05) is 23.1 Å². The third kappa shape index (κ3) is 3.11. The molecule has 3 rings (SSSR count). The van der Waals surface area contributed by atoms with E-state index in [-0.39, 0.29) is 11.4 Å². The van der Waals surface area contributed by atoms with E-state index >= 15 is 0 Å². The van der Waals surface area contributed by atoms with E-state index in [0.717, 1.165) is 16.5 Å². The van der Waals surface area contributed by atoms with E-state index in [1.165, 1.54) is 11.6 Å². The van der Waals surface area contributed by atoms with Gasteiger partial charge in [-0.3, -0.25) is 0 Å². The van der Waals surface area contributed by atoms with Crippen molar-refractivity contribution in [3.05, 3.63) is 69.8 Å². The molecule has 0 aliphatic heterocycles. The summed E-state index contributed by atoms with van der Waals surface area (Å²) in [7, 11) is 0. The summed E-state index contributed by atoms with van der Waals surface area (Å²) < 4.78 is 7.21. The number of aromatic hydroxyl groups is 1. The summed E-state index contributed by atoms with van der Waals surface area (Å²) in [5.41, 5.74) is 3.50. The molecule has 4 nitrogen and oxygen atoms in total. The maximum Gasteiger partial charge on any atom is 0.336 e. The molecule has 0 bridgehead atoms. The zero-order valence-corrected chi connectivity index (χ0v) is 13.5. The summed E-state index contributed by atoms with van der Waals surface area (Å²) in [6.45, 7) is 6.83. The maximum absolute atomic E-state index is 11.9. The fraction of sp³-hybridized carbons (Fsp3) is 0.263. The first-order valence-corrected chi connectivity index (χ1v) is 7.69. The molecule has 0 radical (unpaired) electrons. The number of aromatic nitrogens is 1. The highest BCUT2D eigenvalue weighted by Gasteiger charge is 2.14. The van der Waals surface area contributed by atoms with Crippen molar-refractivity contribution in [3.63, 3.8) is 0 Å². The molecule has 3 aromatic rings. The highest BCUT2D eigenvalue weighted by atomic mass is 16.4. The minimum absolute atomic E-state index is 0.193. The first kappa shape index (κ1) is 15.3. The molecule has 2 heterocycles. The van der Waals surface area contributed by atoms with E-state index in [4.69, 9.17) is 4.42 Å². The van der Waals surface area contributed by atoms with Gasteiger partial charge in [0.25, 0.3) is 0 Å². The molecule has 4 heteroatoms. The SMILES string of the molecule is Cc1cc2oc(=O)cc(C[n+]3cccc(O)c3)c2cc1C(C)C. The third-order valence-corrected chi connectivity index (χ3v) is 4.03. The predicted molar refractivity (Wildman–Crippen MR) is 88.7 cm³/mol. The molecule has 118 valence electrons. The Morgan fingerprint density at radius 3 is 2.74 bits per heavy atom. The van der Waals surface area contributed by atoms with Crippen LogP contribution in [0, 0.1) is 6.92 Å². The topological polar surface area (TPSA) is 54.3 Å². The lowest BCUT2D eigenvalue weighted by atomic mass is 9.95. The summed E-state index contributed by atoms with van der Waals surface area (Å²) in [6.07, 6.45) is 3.50. The van der Waals surface area contributed by atoms with Crippen molar-refractivity contribution in [2.24, 2.45) is 0 Å². The van der Waals surface area contributed by atoms with Crippen LogP contribution in [0.5, 0.6) is 5.75 Å². The Kier molecular flexibility index (Phi) is 3.90. The molecular weight excluding hydrogens is 290 g/mol. The third-order valence-electron chi connectivity index (χ3n) is 4.03. The molecule has 0 atom stereocenters. The monoisotopic (exact) mass is 310 g/mol. The summed E-state index contributed by atoms with van der Waals surface area (Å²) >= 11 is 0. The van der Waals surface area contributed by atoms with E-state index in [1.54, 1.807) is 18.3 Å². The van der Waals surface area contributed by atoms with Gasteiger partial charge in [-0.1, -0.05) is 13.8 Å². The van der Waals surface area contributed by atoms with Crippen LogP contribution in [0.4, 0.5) is 0 Å². The van der Waals surface area contributed by atoms with E-state index in [2.05, 4.69) is 19.9 Å². The maximum atomic E-state index is 11.9. The van der Waals surface area contributed by atoms with E-state index < -0.39 is 0 Å². The van der Waals surface area contributed by atoms with Crippen LogP contribution in [0.15, 0.2) is 51.9 Å². The average Bonchev–Trinajstić information content (AvgIpc) is 2.46. The standard InChI is InChI=1S/C19H19NO3/c1-12(2)16-9-17-14(10-20-6-4-5-15(21)11-20)8-19(22)23-18(17)7-13(16)3/h4-9,11-12H,10H2,1-3H3/p+1. The van der Waals surface area contributed by atoms with Gasteiger partial charge in [-0.2, -0.15) is 4.57 Å². The van der Waals surface area contributed by atoms with Gasteiger partial charge in [0.1, 0.15) is 5.58 Å². The molecule has 0 unspecified atom stereocenters. The highest BCUT2D eigenvalue weighted by Crippen LogP contribution is 2.26. The zero-order valence-electron chi connectivity index (χ0n) is 13.5. The van der Waals surface area contributed by atoms with Crippen LogP contribution in [0.2, 0.25) is 0 Å². The molecule has 1 aromatic carbocycles. The van der Waals surface area contributed by atoms with Gasteiger partial charge in [-0.25, -0.2) is 4.79 Å². The van der Waals surface area contributed by atoms with Crippen LogP contribution >= 0.6 is 0 Å². The van der Waals surface area contributed by atoms with Crippen LogP contribution in [-0.4, -0.2) is 5.11 Å². The van der Waals surface area contributed by atoms with Crippen molar-refractivity contribution >= 4 is 11.0 Å². The average molecular weight is 310 g/mol. The number of hydrogen-bond acceptors (Lipinski definition) is 3.